The maximum Gasteiger partial charge on any atom is 0.413 e. The number of anilines is 2. The lowest BCUT2D eigenvalue weighted by Gasteiger charge is -2.33. The number of nitrogens with one attached hydrogen (secondary N) is 1. The number of carbonyl (C=O) groups is 1. The summed E-state index contributed by atoms with van der Waals surface area (Å²) in [7, 11) is 0. The number of hydrogen-bond donors (Lipinski definition) is 1. The number of hydrogen-bond acceptors (Lipinski definition) is 5. The summed E-state index contributed by atoms with van der Waals surface area (Å²) in [4.78, 5) is 18.1. The molecule has 9 heteroatoms. The SMILES string of the molecule is CC(C)(C)OC(=O)Nc1cc(N2CCC(F)(F)CC2)n2nccc2n1. The molecule has 1 N–H and O–H groups in total. The van der Waals surface area contributed by atoms with Gasteiger partial charge in [0.1, 0.15) is 17.2 Å². The van der Waals surface area contributed by atoms with Crippen molar-refractivity contribution in [2.24, 2.45) is 0 Å². The van der Waals surface area contributed by atoms with Gasteiger partial charge in [0.15, 0.2) is 5.65 Å². The Bertz CT molecular complexity index is 774. The summed E-state index contributed by atoms with van der Waals surface area (Å²) in [6.07, 6.45) is 0.515. The first-order valence-corrected chi connectivity index (χ1v) is 8.11. The molecule has 1 aliphatic rings. The lowest BCUT2D eigenvalue weighted by molar-refractivity contribution is -0.0222. The monoisotopic (exact) mass is 353 g/mol. The molecule has 1 fully saturated rings. The van der Waals surface area contributed by atoms with E-state index in [1.165, 1.54) is 0 Å². The van der Waals surface area contributed by atoms with Crippen LogP contribution >= 0.6 is 0 Å². The Labute approximate surface area is 144 Å². The Balaban J connectivity index is 1.86. The van der Waals surface area contributed by atoms with E-state index in [9.17, 15) is 13.6 Å². The summed E-state index contributed by atoms with van der Waals surface area (Å²) in [5.41, 5.74) is -0.118. The summed E-state index contributed by atoms with van der Waals surface area (Å²) in [6.45, 7) is 5.70. The molecule has 1 saturated heterocycles. The van der Waals surface area contributed by atoms with Crippen LogP contribution in [0.2, 0.25) is 0 Å². The highest BCUT2D eigenvalue weighted by Gasteiger charge is 2.35. The Morgan fingerprint density at radius 1 is 1.32 bits per heavy atom. The lowest BCUT2D eigenvalue weighted by atomic mass is 10.1. The molecule has 1 aliphatic heterocycles. The van der Waals surface area contributed by atoms with Gasteiger partial charge in [-0.25, -0.2) is 18.6 Å². The third-order valence-corrected chi connectivity index (χ3v) is 3.79. The van der Waals surface area contributed by atoms with Gasteiger partial charge in [-0.2, -0.15) is 9.61 Å². The molecule has 1 amide bonds. The van der Waals surface area contributed by atoms with Gasteiger partial charge in [0.25, 0.3) is 5.92 Å². The molecular weight excluding hydrogens is 332 g/mol. The zero-order valence-corrected chi connectivity index (χ0v) is 14.4. The maximum atomic E-state index is 13.4. The highest BCUT2D eigenvalue weighted by Crippen LogP contribution is 2.31. The first-order chi connectivity index (χ1) is 11.6. The second kappa shape index (κ2) is 6.12. The molecular formula is C16H21F2N5O2. The average Bonchev–Trinajstić information content (AvgIpc) is 2.92. The predicted octanol–water partition coefficient (Wildman–Crippen LogP) is 3.31. The van der Waals surface area contributed by atoms with Crippen molar-refractivity contribution < 1.29 is 18.3 Å². The summed E-state index contributed by atoms with van der Waals surface area (Å²) >= 11 is 0. The summed E-state index contributed by atoms with van der Waals surface area (Å²) in [6, 6.07) is 3.30. The normalized spacial score (nSPS) is 17.6. The van der Waals surface area contributed by atoms with E-state index in [-0.39, 0.29) is 31.7 Å². The van der Waals surface area contributed by atoms with E-state index in [0.29, 0.717) is 11.5 Å². The molecule has 2 aromatic rings. The van der Waals surface area contributed by atoms with Gasteiger partial charge in [-0.05, 0) is 20.8 Å². The van der Waals surface area contributed by atoms with E-state index in [0.717, 1.165) is 0 Å². The topological polar surface area (TPSA) is 71.8 Å². The highest BCUT2D eigenvalue weighted by atomic mass is 19.3. The number of rotatable bonds is 2. The number of alkyl halides is 2. The van der Waals surface area contributed by atoms with Crippen molar-refractivity contribution in [3.8, 4) is 0 Å². The molecule has 0 radical (unpaired) electrons. The molecule has 25 heavy (non-hydrogen) atoms. The molecule has 0 aliphatic carbocycles. The van der Waals surface area contributed by atoms with Crippen LogP contribution in [0.5, 0.6) is 0 Å². The lowest BCUT2D eigenvalue weighted by Crippen LogP contribution is -2.40. The van der Waals surface area contributed by atoms with E-state index in [1.54, 1.807) is 43.6 Å². The second-order valence-electron chi connectivity index (χ2n) is 7.07. The summed E-state index contributed by atoms with van der Waals surface area (Å²) in [5, 5.41) is 6.78. The van der Waals surface area contributed by atoms with Crippen LogP contribution in [0.1, 0.15) is 33.6 Å². The zero-order valence-electron chi connectivity index (χ0n) is 14.4. The molecule has 0 spiro atoms. The van der Waals surface area contributed by atoms with E-state index in [4.69, 9.17) is 4.74 Å². The van der Waals surface area contributed by atoms with Gasteiger partial charge < -0.3 is 9.64 Å². The molecule has 0 aromatic carbocycles. The summed E-state index contributed by atoms with van der Waals surface area (Å²) < 4.78 is 33.6. The third kappa shape index (κ3) is 4.15. The fourth-order valence-corrected chi connectivity index (χ4v) is 2.66. The number of carbonyl (C=O) groups excluding carboxylic acids is 1. The number of ether oxygens (including phenoxy) is 1. The average molecular weight is 353 g/mol. The minimum atomic E-state index is -2.63. The van der Waals surface area contributed by atoms with Crippen LogP contribution < -0.4 is 10.2 Å². The standard InChI is InChI=1S/C16H21F2N5O2/c1-15(2,3)25-14(24)21-11-10-13(23-12(20-11)4-7-19-23)22-8-5-16(17,18)6-9-22/h4,7,10H,5-6,8-9H2,1-3H3,(H,20,21,24). The number of amides is 1. The molecule has 0 unspecified atom stereocenters. The number of piperidine rings is 1. The first kappa shape index (κ1) is 17.4. The fraction of sp³-hybridized carbons (Fsp3) is 0.562. The molecule has 3 heterocycles. The molecule has 3 rings (SSSR count). The van der Waals surface area contributed by atoms with Crippen molar-refractivity contribution in [1.29, 1.82) is 0 Å². The van der Waals surface area contributed by atoms with Crippen molar-refractivity contribution in [3.63, 3.8) is 0 Å². The van der Waals surface area contributed by atoms with Crippen LogP contribution in [0.3, 0.4) is 0 Å². The van der Waals surface area contributed by atoms with Crippen LogP contribution in [-0.2, 0) is 4.74 Å². The Hall–Kier alpha value is -2.45. The second-order valence-corrected chi connectivity index (χ2v) is 7.07. The van der Waals surface area contributed by atoms with Crippen molar-refractivity contribution in [2.45, 2.75) is 45.1 Å². The van der Waals surface area contributed by atoms with Gasteiger partial charge in [-0.3, -0.25) is 5.32 Å². The molecule has 136 valence electrons. The van der Waals surface area contributed by atoms with Crippen LogP contribution in [0.4, 0.5) is 25.2 Å². The quantitative estimate of drug-likeness (QED) is 0.897. The smallest absolute Gasteiger partial charge is 0.413 e. The largest absolute Gasteiger partial charge is 0.444 e. The van der Waals surface area contributed by atoms with E-state index in [1.807, 2.05) is 4.90 Å². The highest BCUT2D eigenvalue weighted by molar-refractivity contribution is 5.84. The van der Waals surface area contributed by atoms with Crippen molar-refractivity contribution in [2.75, 3.05) is 23.3 Å². The fourth-order valence-electron chi connectivity index (χ4n) is 2.66. The number of aromatic nitrogens is 3. The molecule has 2 aromatic heterocycles. The van der Waals surface area contributed by atoms with Crippen molar-refractivity contribution in [3.05, 3.63) is 18.3 Å². The minimum absolute atomic E-state index is 0.206. The summed E-state index contributed by atoms with van der Waals surface area (Å²) in [5.74, 6) is -1.74. The Morgan fingerprint density at radius 3 is 2.64 bits per heavy atom. The van der Waals surface area contributed by atoms with Gasteiger partial charge in [0.05, 0.1) is 6.20 Å². The molecule has 0 bridgehead atoms. The van der Waals surface area contributed by atoms with Gasteiger partial charge in [-0.1, -0.05) is 0 Å². The number of fused-ring (bicyclic) bond motifs is 1. The van der Waals surface area contributed by atoms with Crippen LogP contribution in [-0.4, -0.2) is 45.3 Å². The van der Waals surface area contributed by atoms with Gasteiger partial charge in [-0.15, -0.1) is 0 Å². The van der Waals surface area contributed by atoms with Crippen molar-refractivity contribution in [1.82, 2.24) is 14.6 Å². The number of halogens is 2. The van der Waals surface area contributed by atoms with E-state index in [2.05, 4.69) is 15.4 Å². The Morgan fingerprint density at radius 2 is 2.00 bits per heavy atom. The van der Waals surface area contributed by atoms with Gasteiger partial charge in [0.2, 0.25) is 0 Å². The molecule has 0 saturated carbocycles. The third-order valence-electron chi connectivity index (χ3n) is 3.79. The molecule has 0 atom stereocenters. The Kier molecular flexibility index (Phi) is 4.26. The maximum absolute atomic E-state index is 13.4. The van der Waals surface area contributed by atoms with Crippen LogP contribution in [0, 0.1) is 0 Å². The first-order valence-electron chi connectivity index (χ1n) is 8.11. The van der Waals surface area contributed by atoms with Crippen LogP contribution in [0.25, 0.3) is 5.65 Å². The van der Waals surface area contributed by atoms with E-state index >= 15 is 0 Å². The van der Waals surface area contributed by atoms with E-state index < -0.39 is 17.6 Å². The van der Waals surface area contributed by atoms with Gasteiger partial charge in [0, 0.05) is 38.1 Å². The van der Waals surface area contributed by atoms with Crippen molar-refractivity contribution >= 4 is 23.4 Å². The van der Waals surface area contributed by atoms with Crippen LogP contribution in [0.15, 0.2) is 18.3 Å². The van der Waals surface area contributed by atoms with Gasteiger partial charge >= 0.3 is 6.09 Å². The zero-order chi connectivity index (χ0) is 18.2. The molecule has 7 nitrogen and oxygen atoms in total. The minimum Gasteiger partial charge on any atom is -0.444 e. The number of nitrogens with zero attached hydrogens (tertiary/aromatic N) is 4. The predicted molar refractivity (Wildman–Crippen MR) is 89.2 cm³/mol.